The van der Waals surface area contributed by atoms with Crippen LogP contribution in [0.15, 0.2) is 77.1 Å². The Morgan fingerprint density at radius 1 is 1.06 bits per heavy atom. The van der Waals surface area contributed by atoms with Crippen LogP contribution in [0.4, 0.5) is 5.13 Å². The van der Waals surface area contributed by atoms with E-state index in [1.807, 2.05) is 0 Å². The second-order valence-corrected chi connectivity index (χ2v) is 11.3. The first-order valence-electron chi connectivity index (χ1n) is 11.0. The first kappa shape index (κ1) is 23.1. The third-order valence-electron chi connectivity index (χ3n) is 5.92. The van der Waals surface area contributed by atoms with E-state index < -0.39 is 10.0 Å². The smallest absolute Gasteiger partial charge is 0.263 e. The molecule has 1 saturated heterocycles. The zero-order valence-corrected chi connectivity index (χ0v) is 20.7. The van der Waals surface area contributed by atoms with Gasteiger partial charge < -0.3 is 4.74 Å². The van der Waals surface area contributed by atoms with Crippen molar-refractivity contribution in [1.29, 1.82) is 0 Å². The van der Waals surface area contributed by atoms with E-state index in [4.69, 9.17) is 16.3 Å². The molecule has 2 heterocycles. The number of hydrogen-bond acceptors (Lipinski definition) is 6. The third-order valence-corrected chi connectivity index (χ3v) is 8.37. The lowest BCUT2D eigenvalue weighted by Crippen LogP contribution is -2.37. The molecule has 1 aromatic heterocycles. The van der Waals surface area contributed by atoms with Gasteiger partial charge >= 0.3 is 0 Å². The molecule has 0 saturated carbocycles. The number of likely N-dealkylation sites (tertiary alicyclic amines) is 1. The Bertz CT molecular complexity index is 1390. The lowest BCUT2D eigenvalue weighted by molar-refractivity contribution is 0.0968. The van der Waals surface area contributed by atoms with E-state index in [1.54, 1.807) is 17.6 Å². The Morgan fingerprint density at radius 3 is 2.59 bits per heavy atom. The topological polar surface area (TPSA) is 71.5 Å². The summed E-state index contributed by atoms with van der Waals surface area (Å²) in [4.78, 5) is 6.47. The highest BCUT2D eigenvalue weighted by atomic mass is 35.5. The van der Waals surface area contributed by atoms with Crippen molar-refractivity contribution in [2.45, 2.75) is 30.4 Å². The summed E-state index contributed by atoms with van der Waals surface area (Å²) < 4.78 is 33.7. The molecule has 5 rings (SSSR count). The Kier molecular flexibility index (Phi) is 6.74. The minimum atomic E-state index is -3.76. The highest BCUT2D eigenvalue weighted by Gasteiger charge is 2.23. The van der Waals surface area contributed by atoms with Crippen LogP contribution in [0.25, 0.3) is 10.8 Å². The number of ether oxygens (including phenoxy) is 1. The third kappa shape index (κ3) is 5.36. The van der Waals surface area contributed by atoms with Crippen LogP contribution in [0.2, 0.25) is 5.02 Å². The van der Waals surface area contributed by atoms with Crippen molar-refractivity contribution in [2.24, 2.45) is 0 Å². The number of anilines is 1. The van der Waals surface area contributed by atoms with Crippen LogP contribution < -0.4 is 9.46 Å². The van der Waals surface area contributed by atoms with Crippen LogP contribution >= 0.6 is 22.9 Å². The number of thiazole rings is 1. The lowest BCUT2D eigenvalue weighted by atomic mass is 10.0. The molecule has 1 N–H and O–H groups in total. The maximum absolute atomic E-state index is 12.6. The van der Waals surface area contributed by atoms with Gasteiger partial charge in [0.25, 0.3) is 10.0 Å². The number of benzene rings is 3. The number of halogens is 1. The van der Waals surface area contributed by atoms with E-state index in [9.17, 15) is 8.42 Å². The van der Waals surface area contributed by atoms with Crippen molar-refractivity contribution in [3.63, 3.8) is 0 Å². The predicted molar refractivity (Wildman–Crippen MR) is 137 cm³/mol. The van der Waals surface area contributed by atoms with E-state index in [-0.39, 0.29) is 16.0 Å². The number of aromatic nitrogens is 1. The molecule has 1 aliphatic heterocycles. The van der Waals surface area contributed by atoms with Crippen molar-refractivity contribution in [2.75, 3.05) is 17.8 Å². The standard InChI is InChI=1S/C25H24ClN3O3S2/c26-23-16-22(34(30,31)28-25-27-11-14-33-25)7-8-24(23)32-21-9-12-29(13-10-21)17-18-5-6-19-3-1-2-4-20(19)15-18/h1-8,11,14-16,21H,9-10,12-13,17H2,(H,27,28). The number of hydrogen-bond donors (Lipinski definition) is 1. The molecule has 1 fully saturated rings. The summed E-state index contributed by atoms with van der Waals surface area (Å²) in [5, 5.41) is 4.82. The van der Waals surface area contributed by atoms with E-state index in [0.29, 0.717) is 10.9 Å². The highest BCUT2D eigenvalue weighted by Crippen LogP contribution is 2.31. The van der Waals surface area contributed by atoms with E-state index >= 15 is 0 Å². The number of sulfonamides is 1. The molecule has 0 amide bonds. The molecule has 34 heavy (non-hydrogen) atoms. The number of piperidine rings is 1. The maximum atomic E-state index is 12.6. The monoisotopic (exact) mass is 513 g/mol. The molecular weight excluding hydrogens is 490 g/mol. The Labute approximate surface area is 208 Å². The van der Waals surface area contributed by atoms with Crippen LogP contribution in [0.5, 0.6) is 5.75 Å². The van der Waals surface area contributed by atoms with Crippen LogP contribution in [0.3, 0.4) is 0 Å². The van der Waals surface area contributed by atoms with Gasteiger partial charge in [0, 0.05) is 31.2 Å². The highest BCUT2D eigenvalue weighted by molar-refractivity contribution is 7.93. The van der Waals surface area contributed by atoms with Gasteiger partial charge in [0.15, 0.2) is 5.13 Å². The molecule has 0 spiro atoms. The molecule has 176 valence electrons. The van der Waals surface area contributed by atoms with Crippen molar-refractivity contribution < 1.29 is 13.2 Å². The molecule has 0 unspecified atom stereocenters. The summed E-state index contributed by atoms with van der Waals surface area (Å²) in [6.07, 6.45) is 3.35. The van der Waals surface area contributed by atoms with Gasteiger partial charge in [-0.25, -0.2) is 13.4 Å². The minimum Gasteiger partial charge on any atom is -0.489 e. The summed E-state index contributed by atoms with van der Waals surface area (Å²) in [7, 11) is -3.76. The van der Waals surface area contributed by atoms with Crippen molar-refractivity contribution in [3.8, 4) is 5.75 Å². The first-order valence-corrected chi connectivity index (χ1v) is 13.8. The molecule has 0 radical (unpaired) electrons. The first-order chi connectivity index (χ1) is 16.5. The zero-order valence-electron chi connectivity index (χ0n) is 18.4. The van der Waals surface area contributed by atoms with Crippen LogP contribution in [-0.2, 0) is 16.6 Å². The number of fused-ring (bicyclic) bond motifs is 1. The number of rotatable bonds is 7. The predicted octanol–water partition coefficient (Wildman–Crippen LogP) is 5.79. The molecule has 9 heteroatoms. The molecule has 1 aliphatic rings. The Morgan fingerprint density at radius 2 is 1.85 bits per heavy atom. The average molecular weight is 514 g/mol. The van der Waals surface area contributed by atoms with Gasteiger partial charge in [-0.1, -0.05) is 48.0 Å². The molecule has 0 aliphatic carbocycles. The number of nitrogens with zero attached hydrogens (tertiary/aromatic N) is 2. The quantitative estimate of drug-likeness (QED) is 0.338. The van der Waals surface area contributed by atoms with Crippen molar-refractivity contribution >= 4 is 48.9 Å². The van der Waals surface area contributed by atoms with E-state index in [1.165, 1.54) is 39.8 Å². The minimum absolute atomic E-state index is 0.0428. The van der Waals surface area contributed by atoms with Gasteiger partial charge in [0.2, 0.25) is 0 Å². The van der Waals surface area contributed by atoms with Crippen LogP contribution in [0.1, 0.15) is 18.4 Å². The summed E-state index contributed by atoms with van der Waals surface area (Å²) in [6.45, 7) is 2.77. The SMILES string of the molecule is O=S(=O)(Nc1nccs1)c1ccc(OC2CCN(Cc3ccc4ccccc4c3)CC2)c(Cl)c1. The van der Waals surface area contributed by atoms with E-state index in [0.717, 1.165) is 32.5 Å². The fourth-order valence-electron chi connectivity index (χ4n) is 4.15. The largest absolute Gasteiger partial charge is 0.489 e. The average Bonchev–Trinajstić information content (AvgIpc) is 3.34. The van der Waals surface area contributed by atoms with Gasteiger partial charge in [-0.2, -0.15) is 0 Å². The summed E-state index contributed by atoms with van der Waals surface area (Å²) in [6, 6.07) is 19.6. The summed E-state index contributed by atoms with van der Waals surface area (Å²) in [5.41, 5.74) is 1.31. The zero-order chi connectivity index (χ0) is 23.5. The van der Waals surface area contributed by atoms with Gasteiger partial charge in [-0.3, -0.25) is 9.62 Å². The van der Waals surface area contributed by atoms with Crippen molar-refractivity contribution in [3.05, 3.63) is 82.8 Å². The van der Waals surface area contributed by atoms with Crippen molar-refractivity contribution in [1.82, 2.24) is 9.88 Å². The molecule has 0 atom stereocenters. The number of nitrogens with one attached hydrogen (secondary N) is 1. The molecule has 4 aromatic rings. The summed E-state index contributed by atoms with van der Waals surface area (Å²) in [5.74, 6) is 0.503. The second kappa shape index (κ2) is 9.92. The van der Waals surface area contributed by atoms with Gasteiger partial charge in [-0.15, -0.1) is 11.3 Å². The van der Waals surface area contributed by atoms with Crippen LogP contribution in [0, 0.1) is 0 Å². The van der Waals surface area contributed by atoms with Crippen LogP contribution in [-0.4, -0.2) is 37.5 Å². The van der Waals surface area contributed by atoms with Gasteiger partial charge in [0.1, 0.15) is 11.9 Å². The molecule has 6 nitrogen and oxygen atoms in total. The maximum Gasteiger partial charge on any atom is 0.263 e. The normalized spacial score (nSPS) is 15.4. The molecule has 0 bridgehead atoms. The Balaban J connectivity index is 1.17. The fraction of sp³-hybridized carbons (Fsp3) is 0.240. The second-order valence-electron chi connectivity index (χ2n) is 8.31. The lowest BCUT2D eigenvalue weighted by Gasteiger charge is -2.32. The summed E-state index contributed by atoms with van der Waals surface area (Å²) >= 11 is 7.59. The van der Waals surface area contributed by atoms with Gasteiger partial charge in [-0.05, 0) is 53.4 Å². The Hall–Kier alpha value is -2.65. The van der Waals surface area contributed by atoms with Gasteiger partial charge in [0.05, 0.1) is 9.92 Å². The molecule has 3 aromatic carbocycles. The molecular formula is C25H24ClN3O3S2. The fourth-order valence-corrected chi connectivity index (χ4v) is 6.26. The van der Waals surface area contributed by atoms with E-state index in [2.05, 4.69) is 57.1 Å².